The van der Waals surface area contributed by atoms with Crippen molar-refractivity contribution in [3.05, 3.63) is 45.9 Å². The molecule has 0 radical (unpaired) electrons. The highest BCUT2D eigenvalue weighted by Crippen LogP contribution is 2.33. The molecular formula is C17H23Cl2N3OS2. The molecule has 4 nitrogen and oxygen atoms in total. The topological polar surface area (TPSA) is 68.0 Å². The van der Waals surface area contributed by atoms with Crippen molar-refractivity contribution in [2.45, 2.75) is 36.5 Å². The van der Waals surface area contributed by atoms with E-state index in [0.717, 1.165) is 26.9 Å². The number of carbonyl (C=O) groups is 1. The number of aromatic nitrogens is 1. The van der Waals surface area contributed by atoms with Crippen LogP contribution in [0.2, 0.25) is 0 Å². The number of benzene rings is 1. The van der Waals surface area contributed by atoms with Gasteiger partial charge in [-0.25, -0.2) is 4.98 Å². The van der Waals surface area contributed by atoms with Gasteiger partial charge in [0.15, 0.2) is 0 Å². The van der Waals surface area contributed by atoms with E-state index in [1.54, 1.807) is 23.1 Å². The molecule has 1 unspecified atom stereocenters. The second-order valence-corrected chi connectivity index (χ2v) is 7.88. The van der Waals surface area contributed by atoms with Crippen LogP contribution in [0.15, 0.2) is 34.5 Å². The molecule has 1 saturated carbocycles. The lowest BCUT2D eigenvalue weighted by Crippen LogP contribution is -2.41. The predicted octanol–water partition coefficient (Wildman–Crippen LogP) is 4.05. The van der Waals surface area contributed by atoms with Crippen LogP contribution in [-0.2, 0) is 5.75 Å². The van der Waals surface area contributed by atoms with Crippen molar-refractivity contribution in [1.29, 1.82) is 0 Å². The molecule has 25 heavy (non-hydrogen) atoms. The van der Waals surface area contributed by atoms with E-state index >= 15 is 0 Å². The molecule has 1 heterocycles. The third-order valence-electron chi connectivity index (χ3n) is 3.94. The van der Waals surface area contributed by atoms with Crippen molar-refractivity contribution in [3.63, 3.8) is 0 Å². The quantitative estimate of drug-likeness (QED) is 0.663. The number of hydrogen-bond donors (Lipinski definition) is 2. The zero-order valence-corrected chi connectivity index (χ0v) is 17.2. The van der Waals surface area contributed by atoms with Gasteiger partial charge in [-0.05, 0) is 37.8 Å². The van der Waals surface area contributed by atoms with Gasteiger partial charge in [0, 0.05) is 28.6 Å². The Balaban J connectivity index is 0.00000156. The molecule has 138 valence electrons. The number of carbonyl (C=O) groups excluding carboxylic acids is 1. The van der Waals surface area contributed by atoms with Crippen LogP contribution in [0, 0.1) is 12.8 Å². The number of halogens is 2. The van der Waals surface area contributed by atoms with E-state index in [-0.39, 0.29) is 36.8 Å². The fraction of sp³-hybridized carbons (Fsp3) is 0.412. The van der Waals surface area contributed by atoms with Crippen molar-refractivity contribution in [2.75, 3.05) is 6.54 Å². The monoisotopic (exact) mass is 419 g/mol. The van der Waals surface area contributed by atoms with Crippen LogP contribution in [0.25, 0.3) is 0 Å². The molecule has 1 aliphatic rings. The molecule has 0 spiro atoms. The first-order valence-corrected chi connectivity index (χ1v) is 9.67. The van der Waals surface area contributed by atoms with Gasteiger partial charge in [0.25, 0.3) is 5.91 Å². The van der Waals surface area contributed by atoms with Crippen molar-refractivity contribution >= 4 is 53.8 Å². The van der Waals surface area contributed by atoms with Crippen LogP contribution in [0.4, 0.5) is 0 Å². The minimum absolute atomic E-state index is 0. The zero-order valence-electron chi connectivity index (χ0n) is 13.9. The van der Waals surface area contributed by atoms with Gasteiger partial charge in [-0.2, -0.15) is 0 Å². The summed E-state index contributed by atoms with van der Waals surface area (Å²) in [5.41, 5.74) is 7.57. The number of aryl methyl sites for hydroxylation is 1. The Labute approximate surface area is 169 Å². The van der Waals surface area contributed by atoms with E-state index in [9.17, 15) is 4.79 Å². The maximum atomic E-state index is 12.6. The lowest BCUT2D eigenvalue weighted by atomic mass is 10.1. The number of amides is 1. The Bertz CT molecular complexity index is 692. The van der Waals surface area contributed by atoms with Crippen LogP contribution in [-0.4, -0.2) is 23.5 Å². The van der Waals surface area contributed by atoms with Crippen molar-refractivity contribution in [2.24, 2.45) is 11.7 Å². The zero-order chi connectivity index (χ0) is 16.2. The lowest BCUT2D eigenvalue weighted by molar-refractivity contribution is 0.0930. The summed E-state index contributed by atoms with van der Waals surface area (Å²) in [6.45, 7) is 2.51. The van der Waals surface area contributed by atoms with E-state index in [2.05, 4.69) is 15.7 Å². The fourth-order valence-corrected chi connectivity index (χ4v) is 4.18. The largest absolute Gasteiger partial charge is 0.348 e. The van der Waals surface area contributed by atoms with Gasteiger partial charge in [0.2, 0.25) is 0 Å². The van der Waals surface area contributed by atoms with Gasteiger partial charge in [-0.3, -0.25) is 4.79 Å². The summed E-state index contributed by atoms with van der Waals surface area (Å²) in [7, 11) is 0. The van der Waals surface area contributed by atoms with E-state index in [0.29, 0.717) is 12.5 Å². The Hall–Kier alpha value is -0.790. The minimum atomic E-state index is -0.0232. The highest BCUT2D eigenvalue weighted by Gasteiger charge is 2.31. The number of hydrogen-bond acceptors (Lipinski definition) is 5. The first-order valence-electron chi connectivity index (χ1n) is 7.81. The summed E-state index contributed by atoms with van der Waals surface area (Å²) in [4.78, 5) is 18.1. The van der Waals surface area contributed by atoms with Crippen LogP contribution in [0.3, 0.4) is 0 Å². The summed E-state index contributed by atoms with van der Waals surface area (Å²) in [6, 6.07) is 7.84. The summed E-state index contributed by atoms with van der Waals surface area (Å²) >= 11 is 3.31. The van der Waals surface area contributed by atoms with Crippen molar-refractivity contribution < 1.29 is 4.79 Å². The summed E-state index contributed by atoms with van der Waals surface area (Å²) in [5.74, 6) is 1.31. The fourth-order valence-electron chi connectivity index (χ4n) is 2.52. The number of nitrogens with zero attached hydrogens (tertiary/aromatic N) is 1. The Morgan fingerprint density at radius 3 is 2.72 bits per heavy atom. The number of thioether (sulfide) groups is 1. The van der Waals surface area contributed by atoms with E-state index in [1.165, 1.54) is 12.8 Å². The average Bonchev–Trinajstić information content (AvgIpc) is 3.32. The van der Waals surface area contributed by atoms with E-state index in [1.807, 2.05) is 31.2 Å². The molecule has 1 aromatic heterocycles. The van der Waals surface area contributed by atoms with E-state index < -0.39 is 0 Å². The molecule has 1 aromatic carbocycles. The minimum Gasteiger partial charge on any atom is -0.348 e. The Kier molecular flexibility index (Phi) is 9.24. The van der Waals surface area contributed by atoms with Gasteiger partial charge in [-0.15, -0.1) is 47.9 Å². The van der Waals surface area contributed by atoms with E-state index in [4.69, 9.17) is 5.73 Å². The van der Waals surface area contributed by atoms with Crippen LogP contribution < -0.4 is 11.1 Å². The molecule has 0 aliphatic heterocycles. The highest BCUT2D eigenvalue weighted by atomic mass is 35.5. The van der Waals surface area contributed by atoms with Crippen molar-refractivity contribution in [1.82, 2.24) is 10.3 Å². The smallest absolute Gasteiger partial charge is 0.252 e. The molecule has 1 fully saturated rings. The van der Waals surface area contributed by atoms with Gasteiger partial charge < -0.3 is 11.1 Å². The number of nitrogens with one attached hydrogen (secondary N) is 1. The molecule has 3 N–H and O–H groups in total. The SMILES string of the molecule is Cc1nc(CSc2ccccc2C(=O)NC(CN)C2CC2)cs1.Cl.Cl. The Morgan fingerprint density at radius 2 is 2.12 bits per heavy atom. The third kappa shape index (κ3) is 6.15. The number of thiazole rings is 1. The van der Waals surface area contributed by atoms with Gasteiger partial charge in [-0.1, -0.05) is 12.1 Å². The first-order chi connectivity index (χ1) is 11.2. The predicted molar refractivity (Wildman–Crippen MR) is 110 cm³/mol. The molecule has 0 saturated heterocycles. The second kappa shape index (κ2) is 10.4. The van der Waals surface area contributed by atoms with Crippen LogP contribution in [0.5, 0.6) is 0 Å². The molecule has 1 aliphatic carbocycles. The van der Waals surface area contributed by atoms with Crippen molar-refractivity contribution in [3.8, 4) is 0 Å². The van der Waals surface area contributed by atoms with Crippen LogP contribution >= 0.6 is 47.9 Å². The normalized spacial score (nSPS) is 14.2. The van der Waals surface area contributed by atoms with Gasteiger partial charge in [0.1, 0.15) is 0 Å². The average molecular weight is 420 g/mol. The summed E-state index contributed by atoms with van der Waals surface area (Å²) < 4.78 is 0. The van der Waals surface area contributed by atoms with Gasteiger partial charge in [0.05, 0.1) is 16.3 Å². The molecule has 0 bridgehead atoms. The lowest BCUT2D eigenvalue weighted by Gasteiger charge is -2.17. The molecule has 2 aromatic rings. The molecule has 3 rings (SSSR count). The molecule has 8 heteroatoms. The summed E-state index contributed by atoms with van der Waals surface area (Å²) in [6.07, 6.45) is 2.34. The summed E-state index contributed by atoms with van der Waals surface area (Å²) in [5, 5.41) is 6.24. The Morgan fingerprint density at radius 1 is 1.40 bits per heavy atom. The highest BCUT2D eigenvalue weighted by molar-refractivity contribution is 7.98. The number of nitrogens with two attached hydrogens (primary N) is 1. The molecule has 1 amide bonds. The molecular weight excluding hydrogens is 397 g/mol. The van der Waals surface area contributed by atoms with Gasteiger partial charge >= 0.3 is 0 Å². The second-order valence-electron chi connectivity index (χ2n) is 5.80. The van der Waals surface area contributed by atoms with Crippen LogP contribution in [0.1, 0.15) is 33.9 Å². The molecule has 1 atom stereocenters. The third-order valence-corrected chi connectivity index (χ3v) is 5.86. The standard InChI is InChI=1S/C17H21N3OS2.2ClH/c1-11-19-13(9-22-11)10-23-16-5-3-2-4-14(16)17(21)20-15(8-18)12-6-7-12;;/h2-5,9,12,15H,6-8,10,18H2,1H3,(H,20,21);2*1H. The first kappa shape index (κ1) is 22.3. The maximum absolute atomic E-state index is 12.6. The maximum Gasteiger partial charge on any atom is 0.252 e. The number of rotatable bonds is 7.